The smallest absolute Gasteiger partial charge is 0.136 e. The molecule has 0 aromatic carbocycles. The SMILES string of the molecule is CCn1ccnc1Cc1nc(C(C)(C)C)nc(N)c1C. The summed E-state index contributed by atoms with van der Waals surface area (Å²) in [5, 5.41) is 0. The van der Waals surface area contributed by atoms with Crippen LogP contribution in [0.25, 0.3) is 0 Å². The van der Waals surface area contributed by atoms with E-state index >= 15 is 0 Å². The first-order valence-electron chi connectivity index (χ1n) is 6.96. The fourth-order valence-corrected chi connectivity index (χ4v) is 2.03. The lowest BCUT2D eigenvalue weighted by Gasteiger charge is -2.19. The Hall–Kier alpha value is -1.91. The normalized spacial score (nSPS) is 11.8. The van der Waals surface area contributed by atoms with Gasteiger partial charge >= 0.3 is 0 Å². The number of hydrogen-bond acceptors (Lipinski definition) is 4. The number of nitrogens with two attached hydrogens (primary N) is 1. The molecule has 0 amide bonds. The van der Waals surface area contributed by atoms with Gasteiger partial charge in [0.05, 0.1) is 5.69 Å². The van der Waals surface area contributed by atoms with E-state index in [-0.39, 0.29) is 5.41 Å². The Bertz CT molecular complexity index is 607. The number of rotatable bonds is 3. The molecule has 2 heterocycles. The van der Waals surface area contributed by atoms with Crippen LogP contribution in [-0.2, 0) is 18.4 Å². The number of nitrogen functional groups attached to an aromatic ring is 1. The Balaban J connectivity index is 2.43. The van der Waals surface area contributed by atoms with E-state index in [4.69, 9.17) is 10.7 Å². The van der Waals surface area contributed by atoms with E-state index in [9.17, 15) is 0 Å². The van der Waals surface area contributed by atoms with Crippen molar-refractivity contribution in [2.45, 2.75) is 53.0 Å². The zero-order valence-electron chi connectivity index (χ0n) is 12.9. The van der Waals surface area contributed by atoms with Crippen LogP contribution in [0.2, 0.25) is 0 Å². The predicted molar refractivity (Wildman–Crippen MR) is 80.6 cm³/mol. The highest BCUT2D eigenvalue weighted by molar-refractivity contribution is 5.42. The first-order chi connectivity index (χ1) is 9.32. The van der Waals surface area contributed by atoms with Gasteiger partial charge in [-0.2, -0.15) is 0 Å². The summed E-state index contributed by atoms with van der Waals surface area (Å²) in [4.78, 5) is 13.5. The van der Waals surface area contributed by atoms with Crippen molar-refractivity contribution in [1.82, 2.24) is 19.5 Å². The van der Waals surface area contributed by atoms with E-state index in [1.54, 1.807) is 0 Å². The van der Waals surface area contributed by atoms with Crippen LogP contribution in [0.1, 0.15) is 50.6 Å². The first kappa shape index (κ1) is 14.5. The molecule has 0 bridgehead atoms. The molecule has 2 N–H and O–H groups in total. The quantitative estimate of drug-likeness (QED) is 0.932. The van der Waals surface area contributed by atoms with Crippen molar-refractivity contribution in [1.29, 1.82) is 0 Å². The lowest BCUT2D eigenvalue weighted by atomic mass is 9.95. The Morgan fingerprint density at radius 2 is 1.95 bits per heavy atom. The highest BCUT2D eigenvalue weighted by atomic mass is 15.1. The van der Waals surface area contributed by atoms with Gasteiger partial charge in [0.15, 0.2) is 0 Å². The van der Waals surface area contributed by atoms with Crippen LogP contribution in [0.4, 0.5) is 5.82 Å². The molecule has 20 heavy (non-hydrogen) atoms. The minimum Gasteiger partial charge on any atom is -0.383 e. The van der Waals surface area contributed by atoms with E-state index in [1.807, 2.05) is 19.3 Å². The van der Waals surface area contributed by atoms with Crippen LogP contribution in [0.3, 0.4) is 0 Å². The van der Waals surface area contributed by atoms with Crippen LogP contribution in [-0.4, -0.2) is 19.5 Å². The zero-order chi connectivity index (χ0) is 14.9. The molecule has 2 rings (SSSR count). The fourth-order valence-electron chi connectivity index (χ4n) is 2.03. The molecule has 0 fully saturated rings. The number of anilines is 1. The molecule has 0 aliphatic rings. The molecular weight excluding hydrogens is 250 g/mol. The van der Waals surface area contributed by atoms with Gasteiger partial charge < -0.3 is 10.3 Å². The largest absolute Gasteiger partial charge is 0.383 e. The van der Waals surface area contributed by atoms with Gasteiger partial charge in [0.1, 0.15) is 17.5 Å². The molecule has 0 spiro atoms. The Kier molecular flexibility index (Phi) is 3.79. The maximum absolute atomic E-state index is 6.04. The third-order valence-electron chi connectivity index (χ3n) is 3.42. The summed E-state index contributed by atoms with van der Waals surface area (Å²) in [6, 6.07) is 0. The van der Waals surface area contributed by atoms with Gasteiger partial charge in [-0.1, -0.05) is 20.8 Å². The third kappa shape index (κ3) is 2.81. The molecule has 0 unspecified atom stereocenters. The van der Waals surface area contributed by atoms with Gasteiger partial charge in [0, 0.05) is 36.3 Å². The third-order valence-corrected chi connectivity index (χ3v) is 3.42. The van der Waals surface area contributed by atoms with E-state index < -0.39 is 0 Å². The monoisotopic (exact) mass is 273 g/mol. The molecule has 0 radical (unpaired) electrons. The minimum absolute atomic E-state index is 0.114. The molecule has 0 atom stereocenters. The van der Waals surface area contributed by atoms with Crippen LogP contribution in [0.15, 0.2) is 12.4 Å². The van der Waals surface area contributed by atoms with E-state index in [1.165, 1.54) is 0 Å². The second kappa shape index (κ2) is 5.23. The van der Waals surface area contributed by atoms with Crippen molar-refractivity contribution in [3.8, 4) is 0 Å². The van der Waals surface area contributed by atoms with Gasteiger partial charge in [-0.15, -0.1) is 0 Å². The van der Waals surface area contributed by atoms with Crippen LogP contribution >= 0.6 is 0 Å². The lowest BCUT2D eigenvalue weighted by molar-refractivity contribution is 0.541. The summed E-state index contributed by atoms with van der Waals surface area (Å²) in [7, 11) is 0. The summed E-state index contributed by atoms with van der Waals surface area (Å²) >= 11 is 0. The maximum atomic E-state index is 6.04. The Labute approximate surface area is 120 Å². The maximum Gasteiger partial charge on any atom is 0.136 e. The van der Waals surface area contributed by atoms with Crippen LogP contribution in [0.5, 0.6) is 0 Å². The lowest BCUT2D eigenvalue weighted by Crippen LogP contribution is -2.20. The number of aromatic nitrogens is 4. The fraction of sp³-hybridized carbons (Fsp3) is 0.533. The molecule has 0 saturated carbocycles. The van der Waals surface area contributed by atoms with Crippen LogP contribution in [0, 0.1) is 6.92 Å². The van der Waals surface area contributed by atoms with Crippen molar-refractivity contribution in [2.24, 2.45) is 0 Å². The van der Waals surface area contributed by atoms with Crippen molar-refractivity contribution in [3.05, 3.63) is 35.3 Å². The molecular formula is C15H23N5. The molecule has 5 nitrogen and oxygen atoms in total. The predicted octanol–water partition coefficient (Wildman–Crippen LogP) is 2.47. The molecule has 0 saturated heterocycles. The number of aryl methyl sites for hydroxylation is 1. The number of imidazole rings is 1. The van der Waals surface area contributed by atoms with Crippen LogP contribution < -0.4 is 5.73 Å². The van der Waals surface area contributed by atoms with Gasteiger partial charge in [-0.3, -0.25) is 0 Å². The molecule has 108 valence electrons. The second-order valence-electron chi connectivity index (χ2n) is 6.06. The molecule has 2 aromatic rings. The average molecular weight is 273 g/mol. The minimum atomic E-state index is -0.114. The summed E-state index contributed by atoms with van der Waals surface area (Å²) in [5.74, 6) is 2.35. The zero-order valence-corrected chi connectivity index (χ0v) is 12.9. The molecule has 2 aromatic heterocycles. The van der Waals surface area contributed by atoms with Crippen molar-refractivity contribution >= 4 is 5.82 Å². The van der Waals surface area contributed by atoms with Gasteiger partial charge in [0.2, 0.25) is 0 Å². The van der Waals surface area contributed by atoms with Gasteiger partial charge in [-0.25, -0.2) is 15.0 Å². The van der Waals surface area contributed by atoms with E-state index in [0.717, 1.165) is 29.5 Å². The highest BCUT2D eigenvalue weighted by Gasteiger charge is 2.21. The second-order valence-corrected chi connectivity index (χ2v) is 6.06. The van der Waals surface area contributed by atoms with E-state index in [2.05, 4.69) is 42.2 Å². The summed E-state index contributed by atoms with van der Waals surface area (Å²) in [6.07, 6.45) is 4.49. The Morgan fingerprint density at radius 1 is 1.25 bits per heavy atom. The Morgan fingerprint density at radius 3 is 2.55 bits per heavy atom. The standard InChI is InChI=1S/C15H23N5/c1-6-20-8-7-17-12(20)9-11-10(2)13(16)19-14(18-11)15(3,4)5/h7-8H,6,9H2,1-5H3,(H2,16,18,19). The molecule has 5 heteroatoms. The van der Waals surface area contributed by atoms with Crippen molar-refractivity contribution in [2.75, 3.05) is 5.73 Å². The summed E-state index contributed by atoms with van der Waals surface area (Å²) < 4.78 is 2.12. The van der Waals surface area contributed by atoms with Gasteiger partial charge in [-0.05, 0) is 13.8 Å². The average Bonchev–Trinajstić information content (AvgIpc) is 2.80. The van der Waals surface area contributed by atoms with E-state index in [0.29, 0.717) is 12.2 Å². The van der Waals surface area contributed by atoms with Crippen molar-refractivity contribution < 1.29 is 0 Å². The first-order valence-corrected chi connectivity index (χ1v) is 6.96. The van der Waals surface area contributed by atoms with Crippen molar-refractivity contribution in [3.63, 3.8) is 0 Å². The summed E-state index contributed by atoms with van der Waals surface area (Å²) in [6.45, 7) is 11.2. The number of nitrogens with zero attached hydrogens (tertiary/aromatic N) is 4. The van der Waals surface area contributed by atoms with Gasteiger partial charge in [0.25, 0.3) is 0 Å². The highest BCUT2D eigenvalue weighted by Crippen LogP contribution is 2.23. The number of hydrogen-bond donors (Lipinski definition) is 1. The summed E-state index contributed by atoms with van der Waals surface area (Å²) in [5.41, 5.74) is 7.83. The molecule has 0 aliphatic carbocycles. The molecule has 0 aliphatic heterocycles. The topological polar surface area (TPSA) is 69.6 Å².